The maximum Gasteiger partial charge on any atom is 0.339 e. The minimum Gasteiger partial charge on any atom is -0.478 e. The fourth-order valence-electron chi connectivity index (χ4n) is 1.80. The zero-order valence-electron chi connectivity index (χ0n) is 10.2. The van der Waals surface area contributed by atoms with Gasteiger partial charge in [0.05, 0.1) is 6.26 Å². The number of carbonyl (C=O) groups is 1. The molecule has 4 nitrogen and oxygen atoms in total. The number of rotatable bonds is 3. The molecule has 0 saturated carbocycles. The molecule has 94 valence electrons. The number of hydrogen-bond donors (Lipinski definition) is 2. The van der Waals surface area contributed by atoms with Gasteiger partial charge in [0.15, 0.2) is 5.76 Å². The van der Waals surface area contributed by atoms with Crippen LogP contribution in [0.4, 0.5) is 0 Å². The lowest BCUT2D eigenvalue weighted by molar-refractivity contribution is 0.0687. The Bertz CT molecular complexity index is 583. The van der Waals surface area contributed by atoms with Gasteiger partial charge in [0, 0.05) is 0 Å². The molecule has 0 radical (unpaired) electrons. The van der Waals surface area contributed by atoms with Gasteiger partial charge in [-0.3, -0.25) is 0 Å². The van der Waals surface area contributed by atoms with Gasteiger partial charge in [-0.25, -0.2) is 4.79 Å². The predicted octanol–water partition coefficient (Wildman–Crippen LogP) is 2.68. The van der Waals surface area contributed by atoms with Crippen LogP contribution in [0.1, 0.15) is 38.9 Å². The second-order valence-electron chi connectivity index (χ2n) is 4.25. The maximum absolute atomic E-state index is 11.0. The second-order valence-corrected chi connectivity index (χ2v) is 4.25. The molecule has 1 aromatic heterocycles. The second kappa shape index (κ2) is 4.66. The largest absolute Gasteiger partial charge is 0.478 e. The van der Waals surface area contributed by atoms with Gasteiger partial charge in [-0.2, -0.15) is 0 Å². The van der Waals surface area contributed by atoms with Crippen molar-refractivity contribution in [2.45, 2.75) is 20.0 Å². The van der Waals surface area contributed by atoms with Crippen LogP contribution in [0.15, 0.2) is 34.9 Å². The lowest BCUT2D eigenvalue weighted by Crippen LogP contribution is -2.06. The van der Waals surface area contributed by atoms with Gasteiger partial charge in [-0.1, -0.05) is 18.2 Å². The van der Waals surface area contributed by atoms with E-state index in [1.54, 1.807) is 6.07 Å². The molecule has 0 spiro atoms. The summed E-state index contributed by atoms with van der Waals surface area (Å²) in [5, 5.41) is 19.1. The maximum atomic E-state index is 11.0. The summed E-state index contributed by atoms with van der Waals surface area (Å²) in [6, 6.07) is 6.81. The van der Waals surface area contributed by atoms with Crippen LogP contribution in [0.2, 0.25) is 0 Å². The molecule has 0 amide bonds. The molecule has 1 atom stereocenters. The van der Waals surface area contributed by atoms with E-state index in [-0.39, 0.29) is 11.3 Å². The minimum atomic E-state index is -1.11. The third-order valence-corrected chi connectivity index (χ3v) is 3.02. The highest BCUT2D eigenvalue weighted by molar-refractivity contribution is 5.88. The van der Waals surface area contributed by atoms with Crippen LogP contribution in [0.5, 0.6) is 0 Å². The van der Waals surface area contributed by atoms with Crippen LogP contribution >= 0.6 is 0 Å². The highest BCUT2D eigenvalue weighted by atomic mass is 16.4. The smallest absolute Gasteiger partial charge is 0.339 e. The third kappa shape index (κ3) is 2.15. The van der Waals surface area contributed by atoms with Crippen LogP contribution < -0.4 is 0 Å². The Morgan fingerprint density at radius 2 is 1.94 bits per heavy atom. The zero-order chi connectivity index (χ0) is 13.3. The average molecular weight is 246 g/mol. The Hall–Kier alpha value is -2.07. The van der Waals surface area contributed by atoms with E-state index in [9.17, 15) is 9.90 Å². The van der Waals surface area contributed by atoms with E-state index in [0.29, 0.717) is 5.56 Å². The summed E-state index contributed by atoms with van der Waals surface area (Å²) in [6.45, 7) is 3.91. The summed E-state index contributed by atoms with van der Waals surface area (Å²) in [5.74, 6) is -1.05. The molecule has 0 fully saturated rings. The molecule has 0 aliphatic carbocycles. The topological polar surface area (TPSA) is 70.7 Å². The van der Waals surface area contributed by atoms with Gasteiger partial charge in [0.2, 0.25) is 0 Å². The molecule has 0 aliphatic rings. The summed E-state index contributed by atoms with van der Waals surface area (Å²) in [6.07, 6.45) is 0.202. The van der Waals surface area contributed by atoms with Gasteiger partial charge in [0.25, 0.3) is 0 Å². The Morgan fingerprint density at radius 1 is 1.22 bits per heavy atom. The SMILES string of the molecule is Cc1ccc(C(O)c2occc2C(=O)O)cc1C. The molecule has 4 heteroatoms. The number of aryl methyl sites for hydroxylation is 2. The van der Waals surface area contributed by atoms with Crippen molar-refractivity contribution in [3.05, 3.63) is 58.5 Å². The van der Waals surface area contributed by atoms with Crippen molar-refractivity contribution >= 4 is 5.97 Å². The molecular weight excluding hydrogens is 232 g/mol. The number of furan rings is 1. The van der Waals surface area contributed by atoms with Gasteiger partial charge < -0.3 is 14.6 Å². The number of aliphatic hydroxyl groups excluding tert-OH is 1. The first-order chi connectivity index (χ1) is 8.50. The zero-order valence-corrected chi connectivity index (χ0v) is 10.2. The van der Waals surface area contributed by atoms with Gasteiger partial charge in [0.1, 0.15) is 11.7 Å². The van der Waals surface area contributed by atoms with Crippen molar-refractivity contribution in [3.63, 3.8) is 0 Å². The molecule has 2 N–H and O–H groups in total. The summed E-state index contributed by atoms with van der Waals surface area (Å²) in [5.41, 5.74) is 2.76. The average Bonchev–Trinajstić information content (AvgIpc) is 2.81. The first-order valence-electron chi connectivity index (χ1n) is 5.56. The van der Waals surface area contributed by atoms with E-state index < -0.39 is 12.1 Å². The fraction of sp³-hybridized carbons (Fsp3) is 0.214. The van der Waals surface area contributed by atoms with Crippen molar-refractivity contribution in [2.75, 3.05) is 0 Å². The first-order valence-corrected chi connectivity index (χ1v) is 5.56. The van der Waals surface area contributed by atoms with E-state index in [0.717, 1.165) is 11.1 Å². The van der Waals surface area contributed by atoms with Crippen molar-refractivity contribution in [2.24, 2.45) is 0 Å². The van der Waals surface area contributed by atoms with E-state index >= 15 is 0 Å². The van der Waals surface area contributed by atoms with Crippen molar-refractivity contribution in [1.29, 1.82) is 0 Å². The Labute approximate surface area is 104 Å². The Morgan fingerprint density at radius 3 is 2.56 bits per heavy atom. The van der Waals surface area contributed by atoms with Gasteiger partial charge in [-0.05, 0) is 36.6 Å². The van der Waals surface area contributed by atoms with Crippen LogP contribution in [0.25, 0.3) is 0 Å². The number of benzene rings is 1. The summed E-state index contributed by atoms with van der Waals surface area (Å²) in [4.78, 5) is 11.0. The molecule has 0 saturated heterocycles. The molecule has 1 unspecified atom stereocenters. The highest BCUT2D eigenvalue weighted by Crippen LogP contribution is 2.27. The molecule has 2 aromatic rings. The summed E-state index contributed by atoms with van der Waals surface area (Å²) >= 11 is 0. The van der Waals surface area contributed by atoms with E-state index in [4.69, 9.17) is 9.52 Å². The molecule has 2 rings (SSSR count). The number of hydrogen-bond acceptors (Lipinski definition) is 3. The van der Waals surface area contributed by atoms with E-state index in [2.05, 4.69) is 0 Å². The molecule has 1 heterocycles. The first kappa shape index (κ1) is 12.4. The Kier molecular flexibility index (Phi) is 3.21. The number of aliphatic hydroxyl groups is 1. The predicted molar refractivity (Wildman–Crippen MR) is 65.6 cm³/mol. The van der Waals surface area contributed by atoms with Crippen molar-refractivity contribution in [3.8, 4) is 0 Å². The molecule has 1 aromatic carbocycles. The third-order valence-electron chi connectivity index (χ3n) is 3.02. The normalized spacial score (nSPS) is 12.4. The summed E-state index contributed by atoms with van der Waals surface area (Å²) in [7, 11) is 0. The standard InChI is InChI=1S/C14H14O4/c1-8-3-4-10(7-9(8)2)12(15)13-11(14(16)17)5-6-18-13/h3-7,12,15H,1-2H3,(H,16,17). The van der Waals surface area contributed by atoms with Gasteiger partial charge in [-0.15, -0.1) is 0 Å². The van der Waals surface area contributed by atoms with Crippen LogP contribution in [0, 0.1) is 13.8 Å². The molecule has 18 heavy (non-hydrogen) atoms. The number of aromatic carboxylic acids is 1. The molecule has 0 aliphatic heterocycles. The highest BCUT2D eigenvalue weighted by Gasteiger charge is 2.22. The van der Waals surface area contributed by atoms with Crippen molar-refractivity contribution in [1.82, 2.24) is 0 Å². The van der Waals surface area contributed by atoms with Crippen LogP contribution in [0.3, 0.4) is 0 Å². The van der Waals surface area contributed by atoms with Crippen LogP contribution in [-0.2, 0) is 0 Å². The van der Waals surface area contributed by atoms with E-state index in [1.807, 2.05) is 26.0 Å². The minimum absolute atomic E-state index is 0.0132. The lowest BCUT2D eigenvalue weighted by atomic mass is 10.00. The van der Waals surface area contributed by atoms with Crippen LogP contribution in [-0.4, -0.2) is 16.2 Å². The van der Waals surface area contributed by atoms with Gasteiger partial charge >= 0.3 is 5.97 Å². The Balaban J connectivity index is 2.41. The van der Waals surface area contributed by atoms with Crippen molar-refractivity contribution < 1.29 is 19.4 Å². The number of carboxylic acid groups (broad SMARTS) is 1. The quantitative estimate of drug-likeness (QED) is 0.873. The molecular formula is C14H14O4. The molecule has 0 bridgehead atoms. The fourth-order valence-corrected chi connectivity index (χ4v) is 1.80. The summed E-state index contributed by atoms with van der Waals surface area (Å²) < 4.78 is 5.08. The number of carboxylic acids is 1. The monoisotopic (exact) mass is 246 g/mol. The lowest BCUT2D eigenvalue weighted by Gasteiger charge is -2.11. The van der Waals surface area contributed by atoms with E-state index in [1.165, 1.54) is 12.3 Å².